The van der Waals surface area contributed by atoms with E-state index >= 15 is 0 Å². The number of nitrogens with one attached hydrogen (secondary N) is 2. The largest absolute Gasteiger partial charge is 0.317 e. The lowest BCUT2D eigenvalue weighted by Gasteiger charge is -2.41. The van der Waals surface area contributed by atoms with E-state index in [1.165, 1.54) is 25.7 Å². The van der Waals surface area contributed by atoms with E-state index < -0.39 is 0 Å². The molecule has 0 aromatic carbocycles. The molecule has 1 unspecified atom stereocenters. The first kappa shape index (κ1) is 14.0. The summed E-state index contributed by atoms with van der Waals surface area (Å²) in [5.41, 5.74) is 0. The third kappa shape index (κ3) is 3.04. The van der Waals surface area contributed by atoms with Gasteiger partial charge in [-0.1, -0.05) is 0 Å². The van der Waals surface area contributed by atoms with E-state index in [-0.39, 0.29) is 17.9 Å². The van der Waals surface area contributed by atoms with Gasteiger partial charge in [0.05, 0.1) is 6.04 Å². The van der Waals surface area contributed by atoms with Gasteiger partial charge in [0, 0.05) is 6.42 Å². The van der Waals surface area contributed by atoms with Gasteiger partial charge in [-0.3, -0.25) is 19.8 Å². The molecule has 3 saturated heterocycles. The highest BCUT2D eigenvalue weighted by atomic mass is 16.2. The van der Waals surface area contributed by atoms with Gasteiger partial charge < -0.3 is 5.32 Å². The number of carbonyl (C=O) groups excluding carboxylic acids is 2. The highest BCUT2D eigenvalue weighted by Gasteiger charge is 2.35. The summed E-state index contributed by atoms with van der Waals surface area (Å²) in [6.45, 7) is 4.36. The molecule has 5 heteroatoms. The van der Waals surface area contributed by atoms with E-state index in [1.54, 1.807) is 0 Å². The Morgan fingerprint density at radius 1 is 0.900 bits per heavy atom. The van der Waals surface area contributed by atoms with Crippen molar-refractivity contribution in [1.29, 1.82) is 0 Å². The van der Waals surface area contributed by atoms with Crippen LogP contribution in [0.5, 0.6) is 0 Å². The van der Waals surface area contributed by atoms with Crippen LogP contribution in [-0.2, 0) is 9.59 Å². The van der Waals surface area contributed by atoms with E-state index in [1.807, 2.05) is 0 Å². The Hall–Kier alpha value is -0.940. The van der Waals surface area contributed by atoms with E-state index in [0.29, 0.717) is 12.8 Å². The maximum atomic E-state index is 11.9. The third-order valence-corrected chi connectivity index (χ3v) is 5.28. The standard InChI is InChI=1S/C15H25N3O2/c19-14-2-1-13(15(20)17-14)18-9-5-12(6-10-18)11-3-7-16-8-4-11/h11-13,16H,1-10H2,(H,17,19,20). The van der Waals surface area contributed by atoms with Gasteiger partial charge in [0.2, 0.25) is 11.8 Å². The van der Waals surface area contributed by atoms with Crippen molar-refractivity contribution in [3.05, 3.63) is 0 Å². The average Bonchev–Trinajstić information content (AvgIpc) is 2.48. The molecule has 0 spiro atoms. The number of rotatable bonds is 2. The zero-order valence-electron chi connectivity index (χ0n) is 12.1. The Morgan fingerprint density at radius 3 is 2.20 bits per heavy atom. The molecule has 5 nitrogen and oxygen atoms in total. The van der Waals surface area contributed by atoms with Crippen molar-refractivity contribution < 1.29 is 9.59 Å². The predicted molar refractivity (Wildman–Crippen MR) is 76.1 cm³/mol. The summed E-state index contributed by atoms with van der Waals surface area (Å²) in [6, 6.07) is -0.0679. The van der Waals surface area contributed by atoms with Crippen molar-refractivity contribution in [2.75, 3.05) is 26.2 Å². The maximum absolute atomic E-state index is 11.9. The molecule has 0 aromatic rings. The van der Waals surface area contributed by atoms with Gasteiger partial charge in [0.25, 0.3) is 0 Å². The van der Waals surface area contributed by atoms with Crippen LogP contribution in [0.25, 0.3) is 0 Å². The number of nitrogens with zero attached hydrogens (tertiary/aromatic N) is 1. The van der Waals surface area contributed by atoms with Crippen LogP contribution < -0.4 is 10.6 Å². The van der Waals surface area contributed by atoms with E-state index in [0.717, 1.165) is 38.0 Å². The van der Waals surface area contributed by atoms with Crippen LogP contribution in [0.3, 0.4) is 0 Å². The first-order chi connectivity index (χ1) is 9.74. The molecule has 2 N–H and O–H groups in total. The van der Waals surface area contributed by atoms with Crippen LogP contribution in [0.4, 0.5) is 0 Å². The molecule has 2 amide bonds. The molecule has 0 saturated carbocycles. The molecule has 3 aliphatic heterocycles. The van der Waals surface area contributed by atoms with Crippen molar-refractivity contribution in [3.8, 4) is 0 Å². The summed E-state index contributed by atoms with van der Waals surface area (Å²) in [6.07, 6.45) is 6.23. The minimum Gasteiger partial charge on any atom is -0.317 e. The fraction of sp³-hybridized carbons (Fsp3) is 0.867. The molecule has 1 atom stereocenters. The van der Waals surface area contributed by atoms with Gasteiger partial charge in [0.15, 0.2) is 0 Å². The van der Waals surface area contributed by atoms with E-state index in [4.69, 9.17) is 0 Å². The lowest BCUT2D eigenvalue weighted by Crippen LogP contribution is -2.54. The number of carbonyl (C=O) groups is 2. The third-order valence-electron chi connectivity index (χ3n) is 5.28. The van der Waals surface area contributed by atoms with Gasteiger partial charge in [-0.25, -0.2) is 0 Å². The first-order valence-corrected chi connectivity index (χ1v) is 8.02. The fourth-order valence-corrected chi connectivity index (χ4v) is 4.05. The SMILES string of the molecule is O=C1CCC(N2CCC(C3CCNCC3)CC2)C(=O)N1. The molecule has 0 bridgehead atoms. The highest BCUT2D eigenvalue weighted by Crippen LogP contribution is 2.32. The Labute approximate surface area is 120 Å². The smallest absolute Gasteiger partial charge is 0.243 e. The van der Waals surface area contributed by atoms with Gasteiger partial charge >= 0.3 is 0 Å². The van der Waals surface area contributed by atoms with Crippen molar-refractivity contribution in [2.24, 2.45) is 11.8 Å². The molecular formula is C15H25N3O2. The molecule has 20 heavy (non-hydrogen) atoms. The molecule has 3 fully saturated rings. The van der Waals surface area contributed by atoms with Crippen LogP contribution in [-0.4, -0.2) is 48.9 Å². The lowest BCUT2D eigenvalue weighted by atomic mass is 9.79. The monoisotopic (exact) mass is 279 g/mol. The van der Waals surface area contributed by atoms with Crippen LogP contribution >= 0.6 is 0 Å². The molecule has 3 aliphatic rings. The van der Waals surface area contributed by atoms with Crippen LogP contribution in [0.1, 0.15) is 38.5 Å². The number of amides is 2. The number of likely N-dealkylation sites (tertiary alicyclic amines) is 1. The molecule has 0 radical (unpaired) electrons. The Morgan fingerprint density at radius 2 is 1.55 bits per heavy atom. The summed E-state index contributed by atoms with van der Waals surface area (Å²) >= 11 is 0. The topological polar surface area (TPSA) is 61.4 Å². The number of imide groups is 1. The fourth-order valence-electron chi connectivity index (χ4n) is 4.05. The van der Waals surface area contributed by atoms with Crippen LogP contribution in [0.15, 0.2) is 0 Å². The van der Waals surface area contributed by atoms with Crippen molar-refractivity contribution in [3.63, 3.8) is 0 Å². The van der Waals surface area contributed by atoms with Crippen LogP contribution in [0.2, 0.25) is 0 Å². The average molecular weight is 279 g/mol. The quantitative estimate of drug-likeness (QED) is 0.723. The van der Waals surface area contributed by atoms with Gasteiger partial charge in [-0.2, -0.15) is 0 Å². The Bertz CT molecular complexity index is 371. The summed E-state index contributed by atoms with van der Waals surface area (Å²) in [4.78, 5) is 25.4. The molecule has 112 valence electrons. The molecule has 3 heterocycles. The van der Waals surface area contributed by atoms with E-state index in [9.17, 15) is 9.59 Å². The minimum atomic E-state index is -0.115. The number of hydrogen-bond donors (Lipinski definition) is 2. The predicted octanol–water partition coefficient (Wildman–Crippen LogP) is 0.503. The van der Waals surface area contributed by atoms with E-state index in [2.05, 4.69) is 15.5 Å². The van der Waals surface area contributed by atoms with Crippen molar-refractivity contribution >= 4 is 11.8 Å². The van der Waals surface area contributed by atoms with Crippen molar-refractivity contribution in [1.82, 2.24) is 15.5 Å². The summed E-state index contributed by atoms with van der Waals surface area (Å²) in [7, 11) is 0. The first-order valence-electron chi connectivity index (χ1n) is 8.02. The Balaban J connectivity index is 1.50. The summed E-state index contributed by atoms with van der Waals surface area (Å²) in [5, 5.41) is 5.90. The van der Waals surface area contributed by atoms with Gasteiger partial charge in [0.1, 0.15) is 0 Å². The maximum Gasteiger partial charge on any atom is 0.243 e. The molecule has 3 rings (SSSR count). The normalized spacial score (nSPS) is 31.3. The highest BCUT2D eigenvalue weighted by molar-refractivity contribution is 6.00. The lowest BCUT2D eigenvalue weighted by molar-refractivity contribution is -0.138. The zero-order chi connectivity index (χ0) is 13.9. The minimum absolute atomic E-state index is 0.0679. The second kappa shape index (κ2) is 6.22. The number of piperidine rings is 3. The number of hydrogen-bond acceptors (Lipinski definition) is 4. The zero-order valence-corrected chi connectivity index (χ0v) is 12.1. The van der Waals surface area contributed by atoms with Crippen molar-refractivity contribution in [2.45, 2.75) is 44.6 Å². The van der Waals surface area contributed by atoms with Gasteiger partial charge in [-0.15, -0.1) is 0 Å². The molecular weight excluding hydrogens is 254 g/mol. The molecule has 0 aromatic heterocycles. The Kier molecular flexibility index (Phi) is 4.36. The van der Waals surface area contributed by atoms with Crippen LogP contribution in [0, 0.1) is 11.8 Å². The van der Waals surface area contributed by atoms with Gasteiger partial charge in [-0.05, 0) is 70.1 Å². The molecule has 0 aliphatic carbocycles. The second-order valence-electron chi connectivity index (χ2n) is 6.43. The summed E-state index contributed by atoms with van der Waals surface area (Å²) < 4.78 is 0. The second-order valence-corrected chi connectivity index (χ2v) is 6.43. The summed E-state index contributed by atoms with van der Waals surface area (Å²) in [5.74, 6) is 1.51.